The molecule has 0 N–H and O–H groups in total. The molecule has 0 bridgehead atoms. The molecule has 1 aliphatic rings. The van der Waals surface area contributed by atoms with Crippen LogP contribution in [0.4, 0.5) is 4.79 Å². The van der Waals surface area contributed by atoms with Crippen molar-refractivity contribution in [1.29, 1.82) is 0 Å². The van der Waals surface area contributed by atoms with Crippen LogP contribution in [-0.2, 0) is 11.3 Å². The van der Waals surface area contributed by atoms with E-state index in [1.807, 2.05) is 80.6 Å². The van der Waals surface area contributed by atoms with Crippen LogP contribution in [0.25, 0.3) is 6.08 Å². The number of imide groups is 1. The Morgan fingerprint density at radius 2 is 1.42 bits per heavy atom. The molecule has 1 aromatic heterocycles. The molecule has 1 saturated heterocycles. The van der Waals surface area contributed by atoms with Gasteiger partial charge in [-0.25, -0.2) is 0 Å². The lowest BCUT2D eigenvalue weighted by Gasteiger charge is -2.13. The minimum atomic E-state index is -0.279. The number of thioether (sulfide) groups is 1. The van der Waals surface area contributed by atoms with Crippen LogP contribution in [0.2, 0.25) is 0 Å². The number of para-hydroxylation sites is 2. The molecule has 0 saturated carbocycles. The topological polar surface area (TPSA) is 60.8 Å². The first kappa shape index (κ1) is 22.7. The molecule has 2 amide bonds. The molecule has 0 unspecified atom stereocenters. The molecular weight excluding hydrogens is 436 g/mol. The lowest BCUT2D eigenvalue weighted by Crippen LogP contribution is -2.32. The van der Waals surface area contributed by atoms with Gasteiger partial charge in [0, 0.05) is 11.4 Å². The van der Waals surface area contributed by atoms with Gasteiger partial charge in [0.2, 0.25) is 0 Å². The van der Waals surface area contributed by atoms with Crippen LogP contribution in [-0.4, -0.2) is 40.4 Å². The van der Waals surface area contributed by atoms with Gasteiger partial charge in [-0.1, -0.05) is 36.4 Å². The van der Waals surface area contributed by atoms with Crippen molar-refractivity contribution in [3.63, 3.8) is 0 Å². The quantitative estimate of drug-likeness (QED) is 0.404. The highest BCUT2D eigenvalue weighted by molar-refractivity contribution is 8.18. The zero-order chi connectivity index (χ0) is 23.2. The number of aromatic nitrogens is 1. The summed E-state index contributed by atoms with van der Waals surface area (Å²) in [6.45, 7) is 5.74. The second-order valence-electron chi connectivity index (χ2n) is 7.63. The summed E-state index contributed by atoms with van der Waals surface area (Å²) in [6.07, 6.45) is 1.81. The molecule has 4 rings (SSSR count). The summed E-state index contributed by atoms with van der Waals surface area (Å²) in [5.41, 5.74) is 3.03. The Labute approximate surface area is 197 Å². The largest absolute Gasteiger partial charge is 0.492 e. The van der Waals surface area contributed by atoms with E-state index in [0.717, 1.165) is 34.5 Å². The SMILES string of the molecule is Cc1cc(/C=C2\SC(=O)N(CCOc3ccccc3)C2=O)c(C)n1CCOc1ccccc1. The first-order valence-corrected chi connectivity index (χ1v) is 11.6. The maximum atomic E-state index is 12.8. The van der Waals surface area contributed by atoms with E-state index >= 15 is 0 Å². The smallest absolute Gasteiger partial charge is 0.293 e. The second-order valence-corrected chi connectivity index (χ2v) is 8.63. The van der Waals surface area contributed by atoms with Crippen LogP contribution in [0.15, 0.2) is 71.6 Å². The normalized spacial score (nSPS) is 14.8. The van der Waals surface area contributed by atoms with Gasteiger partial charge in [0.25, 0.3) is 11.1 Å². The van der Waals surface area contributed by atoms with Gasteiger partial charge in [-0.15, -0.1) is 0 Å². The molecule has 6 nitrogen and oxygen atoms in total. The number of hydrogen-bond donors (Lipinski definition) is 0. The predicted molar refractivity (Wildman–Crippen MR) is 130 cm³/mol. The third-order valence-electron chi connectivity index (χ3n) is 5.43. The Kier molecular flexibility index (Phi) is 7.19. The number of amides is 2. The van der Waals surface area contributed by atoms with Crippen molar-refractivity contribution in [1.82, 2.24) is 9.47 Å². The minimum absolute atomic E-state index is 0.215. The highest BCUT2D eigenvalue weighted by atomic mass is 32.2. The van der Waals surface area contributed by atoms with Crippen molar-refractivity contribution in [2.24, 2.45) is 0 Å². The average molecular weight is 463 g/mol. The van der Waals surface area contributed by atoms with Gasteiger partial charge in [0.05, 0.1) is 18.0 Å². The number of carbonyl (C=O) groups excluding carboxylic acids is 2. The molecular formula is C26H26N2O4S. The molecule has 0 aliphatic carbocycles. The van der Waals surface area contributed by atoms with Crippen molar-refractivity contribution in [2.75, 3.05) is 19.8 Å². The predicted octanol–water partition coefficient (Wildman–Crippen LogP) is 5.30. The molecule has 1 aliphatic heterocycles. The van der Waals surface area contributed by atoms with Crippen molar-refractivity contribution in [3.05, 3.63) is 88.6 Å². The number of benzene rings is 2. The average Bonchev–Trinajstić information content (AvgIpc) is 3.24. The molecule has 0 radical (unpaired) electrons. The van der Waals surface area contributed by atoms with E-state index < -0.39 is 0 Å². The van der Waals surface area contributed by atoms with Crippen molar-refractivity contribution >= 4 is 29.0 Å². The van der Waals surface area contributed by atoms with Gasteiger partial charge in [0.15, 0.2) is 0 Å². The Morgan fingerprint density at radius 3 is 2.03 bits per heavy atom. The molecule has 170 valence electrons. The fourth-order valence-corrected chi connectivity index (χ4v) is 4.55. The maximum absolute atomic E-state index is 12.8. The summed E-state index contributed by atoms with van der Waals surface area (Å²) in [6, 6.07) is 21.1. The Hall–Kier alpha value is -3.45. The minimum Gasteiger partial charge on any atom is -0.492 e. The van der Waals surface area contributed by atoms with Crippen LogP contribution in [0.1, 0.15) is 17.0 Å². The van der Waals surface area contributed by atoms with Crippen LogP contribution in [0.3, 0.4) is 0 Å². The zero-order valence-corrected chi connectivity index (χ0v) is 19.5. The molecule has 1 fully saturated rings. The van der Waals surface area contributed by atoms with Gasteiger partial charge in [0.1, 0.15) is 24.7 Å². The first-order valence-electron chi connectivity index (χ1n) is 10.8. The van der Waals surface area contributed by atoms with Crippen molar-refractivity contribution in [2.45, 2.75) is 20.4 Å². The Bertz CT molecular complexity index is 1160. The molecule has 0 atom stereocenters. The zero-order valence-electron chi connectivity index (χ0n) is 18.7. The van der Waals surface area contributed by atoms with E-state index in [1.165, 1.54) is 4.90 Å². The lowest BCUT2D eigenvalue weighted by atomic mass is 10.2. The van der Waals surface area contributed by atoms with Crippen molar-refractivity contribution in [3.8, 4) is 11.5 Å². The van der Waals surface area contributed by atoms with Gasteiger partial charge < -0.3 is 14.0 Å². The number of ether oxygens (including phenoxy) is 2. The number of carbonyl (C=O) groups is 2. The monoisotopic (exact) mass is 462 g/mol. The Morgan fingerprint density at radius 1 is 0.848 bits per heavy atom. The molecule has 7 heteroatoms. The highest BCUT2D eigenvalue weighted by Gasteiger charge is 2.35. The van der Waals surface area contributed by atoms with E-state index in [4.69, 9.17) is 9.47 Å². The summed E-state index contributed by atoms with van der Waals surface area (Å²) in [7, 11) is 0. The molecule has 0 spiro atoms. The molecule has 2 heterocycles. The number of nitrogens with zero attached hydrogens (tertiary/aromatic N) is 2. The molecule has 2 aromatic carbocycles. The summed E-state index contributed by atoms with van der Waals surface area (Å²) < 4.78 is 13.6. The van der Waals surface area contributed by atoms with Gasteiger partial charge >= 0.3 is 0 Å². The third-order valence-corrected chi connectivity index (χ3v) is 6.33. The van der Waals surface area contributed by atoms with Crippen LogP contribution >= 0.6 is 11.8 Å². The fraction of sp³-hybridized carbons (Fsp3) is 0.231. The van der Waals surface area contributed by atoms with E-state index in [-0.39, 0.29) is 24.3 Å². The van der Waals surface area contributed by atoms with E-state index in [9.17, 15) is 9.59 Å². The molecule has 33 heavy (non-hydrogen) atoms. The van der Waals surface area contributed by atoms with Crippen LogP contribution < -0.4 is 9.47 Å². The van der Waals surface area contributed by atoms with Crippen LogP contribution in [0, 0.1) is 13.8 Å². The first-order chi connectivity index (χ1) is 16.0. The summed E-state index contributed by atoms with van der Waals surface area (Å²) in [5.74, 6) is 1.27. The van der Waals surface area contributed by atoms with E-state index in [2.05, 4.69) is 4.57 Å². The van der Waals surface area contributed by atoms with E-state index in [0.29, 0.717) is 23.8 Å². The van der Waals surface area contributed by atoms with Crippen molar-refractivity contribution < 1.29 is 19.1 Å². The summed E-state index contributed by atoms with van der Waals surface area (Å²) in [4.78, 5) is 26.9. The standard InChI is InChI=1S/C26H26N2O4S/c1-19-17-21(20(2)27(19)13-15-31-22-9-5-3-6-10-22)18-24-25(29)28(26(30)33-24)14-16-32-23-11-7-4-8-12-23/h3-12,17-18H,13-16H2,1-2H3/b24-18-. The molecule has 3 aromatic rings. The summed E-state index contributed by atoms with van der Waals surface area (Å²) in [5, 5.41) is -0.270. The van der Waals surface area contributed by atoms with Gasteiger partial charge in [-0.2, -0.15) is 0 Å². The fourth-order valence-electron chi connectivity index (χ4n) is 3.69. The third kappa shape index (κ3) is 5.49. The summed E-state index contributed by atoms with van der Waals surface area (Å²) >= 11 is 0.971. The van der Waals surface area contributed by atoms with Gasteiger partial charge in [-0.3, -0.25) is 14.5 Å². The number of aryl methyl sites for hydroxylation is 1. The highest BCUT2D eigenvalue weighted by Crippen LogP contribution is 2.33. The Balaban J connectivity index is 1.38. The lowest BCUT2D eigenvalue weighted by molar-refractivity contribution is -0.123. The van der Waals surface area contributed by atoms with Crippen LogP contribution in [0.5, 0.6) is 11.5 Å². The number of rotatable bonds is 9. The van der Waals surface area contributed by atoms with Gasteiger partial charge in [-0.05, 0) is 67.6 Å². The van der Waals surface area contributed by atoms with E-state index in [1.54, 1.807) is 6.08 Å². The maximum Gasteiger partial charge on any atom is 0.293 e. The second kappa shape index (κ2) is 10.4. The number of hydrogen-bond acceptors (Lipinski definition) is 5.